The van der Waals surface area contributed by atoms with Crippen LogP contribution in [-0.2, 0) is 4.79 Å². The molecule has 1 saturated heterocycles. The smallest absolute Gasteiger partial charge is 0.239 e. The van der Waals surface area contributed by atoms with Gasteiger partial charge in [-0.15, -0.1) is 0 Å². The Labute approximate surface area is 115 Å². The van der Waals surface area contributed by atoms with Crippen LogP contribution >= 0.6 is 0 Å². The van der Waals surface area contributed by atoms with E-state index in [1.54, 1.807) is 0 Å². The number of para-hydroxylation sites is 1. The van der Waals surface area contributed by atoms with Crippen LogP contribution in [0.3, 0.4) is 0 Å². The molecule has 19 heavy (non-hydrogen) atoms. The third kappa shape index (κ3) is 3.47. The molecule has 1 amide bonds. The highest BCUT2D eigenvalue weighted by Crippen LogP contribution is 2.26. The molecule has 2 rings (SSSR count). The van der Waals surface area contributed by atoms with Crippen LogP contribution in [0.4, 0.5) is 5.69 Å². The SMILES string of the molecule is CCCNC(C)c1ccccc1N1CCNC(=O)C1. The molecule has 0 bridgehead atoms. The first-order chi connectivity index (χ1) is 9.22. The van der Waals surface area contributed by atoms with Crippen molar-refractivity contribution in [2.75, 3.05) is 31.1 Å². The maximum Gasteiger partial charge on any atom is 0.239 e. The first-order valence-corrected chi connectivity index (χ1v) is 7.06. The van der Waals surface area contributed by atoms with E-state index >= 15 is 0 Å². The highest BCUT2D eigenvalue weighted by molar-refractivity contribution is 5.83. The quantitative estimate of drug-likeness (QED) is 0.847. The molecule has 1 fully saturated rings. The van der Waals surface area contributed by atoms with Gasteiger partial charge >= 0.3 is 0 Å². The zero-order valence-corrected chi connectivity index (χ0v) is 11.8. The Kier molecular flexibility index (Phi) is 4.80. The predicted molar refractivity (Wildman–Crippen MR) is 78.4 cm³/mol. The first-order valence-electron chi connectivity index (χ1n) is 7.06. The second-order valence-corrected chi connectivity index (χ2v) is 5.01. The Morgan fingerprint density at radius 2 is 2.21 bits per heavy atom. The number of rotatable bonds is 5. The summed E-state index contributed by atoms with van der Waals surface area (Å²) in [6.07, 6.45) is 1.12. The van der Waals surface area contributed by atoms with E-state index in [-0.39, 0.29) is 5.91 Å². The van der Waals surface area contributed by atoms with Gasteiger partial charge in [-0.3, -0.25) is 4.79 Å². The lowest BCUT2D eigenvalue weighted by Crippen LogP contribution is -2.48. The molecule has 0 saturated carbocycles. The summed E-state index contributed by atoms with van der Waals surface area (Å²) < 4.78 is 0. The van der Waals surface area contributed by atoms with E-state index in [1.807, 2.05) is 6.07 Å². The molecular weight excluding hydrogens is 238 g/mol. The standard InChI is InChI=1S/C15H23N3O/c1-3-8-16-12(2)13-6-4-5-7-14(13)18-10-9-17-15(19)11-18/h4-7,12,16H,3,8-11H2,1-2H3,(H,17,19). The van der Waals surface area contributed by atoms with Crippen molar-refractivity contribution in [2.24, 2.45) is 0 Å². The molecule has 1 atom stereocenters. The number of benzene rings is 1. The molecule has 2 N–H and O–H groups in total. The Bertz CT molecular complexity index is 433. The molecule has 1 heterocycles. The lowest BCUT2D eigenvalue weighted by molar-refractivity contribution is -0.120. The van der Waals surface area contributed by atoms with E-state index in [2.05, 4.69) is 47.6 Å². The van der Waals surface area contributed by atoms with Gasteiger partial charge in [-0.25, -0.2) is 0 Å². The summed E-state index contributed by atoms with van der Waals surface area (Å²) in [7, 11) is 0. The fraction of sp³-hybridized carbons (Fsp3) is 0.533. The van der Waals surface area contributed by atoms with Crippen LogP contribution in [0, 0.1) is 0 Å². The van der Waals surface area contributed by atoms with Gasteiger partial charge in [0.15, 0.2) is 0 Å². The molecule has 1 aliphatic heterocycles. The molecule has 1 aliphatic rings. The number of piperazine rings is 1. The van der Waals surface area contributed by atoms with Crippen molar-refractivity contribution < 1.29 is 4.79 Å². The Balaban J connectivity index is 2.17. The van der Waals surface area contributed by atoms with Crippen molar-refractivity contribution in [1.82, 2.24) is 10.6 Å². The zero-order chi connectivity index (χ0) is 13.7. The topological polar surface area (TPSA) is 44.4 Å². The van der Waals surface area contributed by atoms with E-state index in [0.717, 1.165) is 26.1 Å². The summed E-state index contributed by atoms with van der Waals surface area (Å²) in [6.45, 7) is 7.42. The summed E-state index contributed by atoms with van der Waals surface area (Å²) in [6, 6.07) is 8.67. The Morgan fingerprint density at radius 1 is 1.42 bits per heavy atom. The number of carbonyl (C=O) groups excluding carboxylic acids is 1. The first kappa shape index (κ1) is 13.9. The molecule has 1 unspecified atom stereocenters. The van der Waals surface area contributed by atoms with Gasteiger partial charge in [0.2, 0.25) is 5.91 Å². The summed E-state index contributed by atoms with van der Waals surface area (Å²) in [5.41, 5.74) is 2.44. The van der Waals surface area contributed by atoms with Crippen molar-refractivity contribution in [1.29, 1.82) is 0 Å². The van der Waals surface area contributed by atoms with Crippen molar-refractivity contribution in [3.8, 4) is 0 Å². The van der Waals surface area contributed by atoms with Gasteiger partial charge in [-0.1, -0.05) is 25.1 Å². The van der Waals surface area contributed by atoms with Crippen molar-refractivity contribution in [3.05, 3.63) is 29.8 Å². The van der Waals surface area contributed by atoms with Crippen LogP contribution in [0.2, 0.25) is 0 Å². The van der Waals surface area contributed by atoms with Gasteiger partial charge in [-0.05, 0) is 31.5 Å². The Morgan fingerprint density at radius 3 is 2.95 bits per heavy atom. The predicted octanol–water partition coefficient (Wildman–Crippen LogP) is 1.68. The molecule has 1 aromatic carbocycles. The number of hydrogen-bond acceptors (Lipinski definition) is 3. The molecule has 104 valence electrons. The average molecular weight is 261 g/mol. The summed E-state index contributed by atoms with van der Waals surface area (Å²) in [5, 5.41) is 6.38. The fourth-order valence-electron chi connectivity index (χ4n) is 2.46. The van der Waals surface area contributed by atoms with E-state index < -0.39 is 0 Å². The minimum absolute atomic E-state index is 0.107. The van der Waals surface area contributed by atoms with Gasteiger partial charge in [0.1, 0.15) is 0 Å². The molecule has 4 heteroatoms. The molecule has 1 aromatic rings. The van der Waals surface area contributed by atoms with Crippen molar-refractivity contribution >= 4 is 11.6 Å². The molecular formula is C15H23N3O. The van der Waals surface area contributed by atoms with Crippen LogP contribution in [0.1, 0.15) is 31.9 Å². The molecule has 4 nitrogen and oxygen atoms in total. The Hall–Kier alpha value is -1.55. The normalized spacial score (nSPS) is 17.2. The average Bonchev–Trinajstić information content (AvgIpc) is 2.45. The lowest BCUT2D eigenvalue weighted by atomic mass is 10.0. The van der Waals surface area contributed by atoms with Gasteiger partial charge in [0.05, 0.1) is 6.54 Å². The van der Waals surface area contributed by atoms with Crippen LogP contribution in [0.5, 0.6) is 0 Å². The number of amides is 1. The van der Waals surface area contributed by atoms with E-state index in [0.29, 0.717) is 12.6 Å². The van der Waals surface area contributed by atoms with E-state index in [4.69, 9.17) is 0 Å². The fourth-order valence-corrected chi connectivity index (χ4v) is 2.46. The van der Waals surface area contributed by atoms with Crippen LogP contribution in [0.15, 0.2) is 24.3 Å². The van der Waals surface area contributed by atoms with Crippen molar-refractivity contribution in [3.63, 3.8) is 0 Å². The number of anilines is 1. The number of nitrogens with one attached hydrogen (secondary N) is 2. The van der Waals surface area contributed by atoms with Crippen molar-refractivity contribution in [2.45, 2.75) is 26.3 Å². The van der Waals surface area contributed by atoms with E-state index in [9.17, 15) is 4.79 Å². The maximum atomic E-state index is 11.5. The number of nitrogens with zero attached hydrogens (tertiary/aromatic N) is 1. The molecule has 0 radical (unpaired) electrons. The lowest BCUT2D eigenvalue weighted by Gasteiger charge is -2.31. The highest BCUT2D eigenvalue weighted by Gasteiger charge is 2.20. The van der Waals surface area contributed by atoms with Gasteiger partial charge in [0.25, 0.3) is 0 Å². The molecule has 0 aromatic heterocycles. The van der Waals surface area contributed by atoms with Crippen LogP contribution in [0.25, 0.3) is 0 Å². The minimum Gasteiger partial charge on any atom is -0.360 e. The third-order valence-corrected chi connectivity index (χ3v) is 3.48. The number of carbonyl (C=O) groups is 1. The summed E-state index contributed by atoms with van der Waals surface area (Å²) in [5.74, 6) is 0.107. The van der Waals surface area contributed by atoms with E-state index in [1.165, 1.54) is 11.3 Å². The van der Waals surface area contributed by atoms with Gasteiger partial charge < -0.3 is 15.5 Å². The maximum absolute atomic E-state index is 11.5. The minimum atomic E-state index is 0.107. The van der Waals surface area contributed by atoms with Gasteiger partial charge in [-0.2, -0.15) is 0 Å². The third-order valence-electron chi connectivity index (χ3n) is 3.48. The second kappa shape index (κ2) is 6.57. The highest BCUT2D eigenvalue weighted by atomic mass is 16.2. The second-order valence-electron chi connectivity index (χ2n) is 5.01. The van der Waals surface area contributed by atoms with Crippen LogP contribution in [-0.4, -0.2) is 32.1 Å². The number of hydrogen-bond donors (Lipinski definition) is 2. The molecule has 0 spiro atoms. The zero-order valence-electron chi connectivity index (χ0n) is 11.8. The monoisotopic (exact) mass is 261 g/mol. The van der Waals surface area contributed by atoms with Crippen LogP contribution < -0.4 is 15.5 Å². The molecule has 0 aliphatic carbocycles. The van der Waals surface area contributed by atoms with Gasteiger partial charge in [0, 0.05) is 24.8 Å². The summed E-state index contributed by atoms with van der Waals surface area (Å²) >= 11 is 0. The summed E-state index contributed by atoms with van der Waals surface area (Å²) in [4.78, 5) is 13.7. The largest absolute Gasteiger partial charge is 0.360 e.